The van der Waals surface area contributed by atoms with Gasteiger partial charge in [0.2, 0.25) is 0 Å². The molecule has 0 unspecified atom stereocenters. The lowest BCUT2D eigenvalue weighted by atomic mass is 9.85. The highest BCUT2D eigenvalue weighted by atomic mass is 16.3. The van der Waals surface area contributed by atoms with Crippen molar-refractivity contribution in [1.82, 2.24) is 5.32 Å². The molecule has 1 amide bonds. The fourth-order valence-corrected chi connectivity index (χ4v) is 1.76. The van der Waals surface area contributed by atoms with Crippen LogP contribution in [0.2, 0.25) is 0 Å². The van der Waals surface area contributed by atoms with Crippen LogP contribution in [0, 0.1) is 5.92 Å². The summed E-state index contributed by atoms with van der Waals surface area (Å²) in [5, 5.41) is 3.08. The molecule has 1 aliphatic carbocycles. The number of guanidine groups is 1. The van der Waals surface area contributed by atoms with Gasteiger partial charge in [0.15, 0.2) is 11.7 Å². The highest BCUT2D eigenvalue weighted by molar-refractivity contribution is 5.89. The molecule has 0 atom stereocenters. The fourth-order valence-electron chi connectivity index (χ4n) is 1.76. The summed E-state index contributed by atoms with van der Waals surface area (Å²) >= 11 is 0. The van der Waals surface area contributed by atoms with E-state index in [-0.39, 0.29) is 5.76 Å². The van der Waals surface area contributed by atoms with Gasteiger partial charge in [0.25, 0.3) is 5.91 Å². The standard InChI is InChI=1S/C12H18N4O2/c13-11(17)10-5-4-9(18-10)7-16-12(14)15-6-8-2-1-3-8/h4-5,8H,1-3,6-7H2,(H2,13,17)(H3,14,15,16). The van der Waals surface area contributed by atoms with E-state index in [2.05, 4.69) is 10.3 Å². The van der Waals surface area contributed by atoms with Gasteiger partial charge in [-0.1, -0.05) is 6.42 Å². The number of primary amides is 1. The first-order valence-corrected chi connectivity index (χ1v) is 6.07. The van der Waals surface area contributed by atoms with Gasteiger partial charge in [-0.15, -0.1) is 0 Å². The van der Waals surface area contributed by atoms with E-state index in [1.807, 2.05) is 0 Å². The van der Waals surface area contributed by atoms with Crippen LogP contribution >= 0.6 is 0 Å². The molecule has 0 bridgehead atoms. The molecule has 6 heteroatoms. The normalized spacial score (nSPS) is 16.3. The van der Waals surface area contributed by atoms with Crippen LogP contribution in [-0.2, 0) is 6.54 Å². The quantitative estimate of drug-likeness (QED) is 0.525. The Morgan fingerprint density at radius 1 is 1.44 bits per heavy atom. The molecule has 1 aliphatic rings. The van der Waals surface area contributed by atoms with E-state index in [4.69, 9.17) is 15.9 Å². The average Bonchev–Trinajstić information content (AvgIpc) is 2.73. The van der Waals surface area contributed by atoms with Gasteiger partial charge < -0.3 is 21.2 Å². The number of nitrogens with one attached hydrogen (secondary N) is 1. The first kappa shape index (κ1) is 12.5. The molecule has 0 spiro atoms. The Kier molecular flexibility index (Phi) is 3.86. The number of carbonyl (C=O) groups is 1. The summed E-state index contributed by atoms with van der Waals surface area (Å²) < 4.78 is 5.19. The van der Waals surface area contributed by atoms with Crippen molar-refractivity contribution in [1.29, 1.82) is 0 Å². The molecule has 2 rings (SSSR count). The highest BCUT2D eigenvalue weighted by Gasteiger charge is 2.16. The monoisotopic (exact) mass is 250 g/mol. The number of nitrogens with zero attached hydrogens (tertiary/aromatic N) is 1. The van der Waals surface area contributed by atoms with Crippen LogP contribution in [0.15, 0.2) is 21.5 Å². The summed E-state index contributed by atoms with van der Waals surface area (Å²) in [4.78, 5) is 15.0. The van der Waals surface area contributed by atoms with Gasteiger partial charge in [-0.05, 0) is 30.9 Å². The molecule has 0 radical (unpaired) electrons. The third kappa shape index (κ3) is 3.26. The molecule has 1 fully saturated rings. The molecule has 0 aromatic carbocycles. The predicted octanol–water partition coefficient (Wildman–Crippen LogP) is 0.583. The van der Waals surface area contributed by atoms with Crippen molar-refractivity contribution in [2.75, 3.05) is 6.54 Å². The molecular formula is C12H18N4O2. The van der Waals surface area contributed by atoms with Crippen molar-refractivity contribution < 1.29 is 9.21 Å². The Balaban J connectivity index is 1.78. The number of hydrogen-bond donors (Lipinski definition) is 3. The van der Waals surface area contributed by atoms with Crippen molar-refractivity contribution in [2.24, 2.45) is 22.4 Å². The van der Waals surface area contributed by atoms with Crippen molar-refractivity contribution in [3.8, 4) is 0 Å². The van der Waals surface area contributed by atoms with Crippen molar-refractivity contribution in [3.63, 3.8) is 0 Å². The smallest absolute Gasteiger partial charge is 0.284 e. The number of rotatable bonds is 5. The number of furan rings is 1. The third-order valence-corrected chi connectivity index (χ3v) is 3.11. The molecule has 98 valence electrons. The van der Waals surface area contributed by atoms with E-state index < -0.39 is 5.91 Å². The maximum atomic E-state index is 10.8. The number of amides is 1. The zero-order chi connectivity index (χ0) is 13.0. The zero-order valence-electron chi connectivity index (χ0n) is 10.2. The van der Waals surface area contributed by atoms with Crippen LogP contribution in [0.1, 0.15) is 35.6 Å². The van der Waals surface area contributed by atoms with Crippen molar-refractivity contribution >= 4 is 11.9 Å². The minimum Gasteiger partial charge on any atom is -0.454 e. The molecule has 0 saturated heterocycles. The summed E-state index contributed by atoms with van der Waals surface area (Å²) in [5.41, 5.74) is 10.8. The Hall–Kier alpha value is -1.98. The first-order chi connectivity index (χ1) is 8.65. The zero-order valence-corrected chi connectivity index (χ0v) is 10.2. The Bertz CT molecular complexity index is 449. The van der Waals surface area contributed by atoms with Crippen LogP contribution in [0.25, 0.3) is 0 Å². The van der Waals surface area contributed by atoms with Gasteiger partial charge in [0.05, 0.1) is 0 Å². The van der Waals surface area contributed by atoms with Gasteiger partial charge in [-0.25, -0.2) is 4.99 Å². The topological polar surface area (TPSA) is 107 Å². The summed E-state index contributed by atoms with van der Waals surface area (Å²) in [6.07, 6.45) is 3.84. The molecule has 0 aliphatic heterocycles. The van der Waals surface area contributed by atoms with Crippen LogP contribution in [0.5, 0.6) is 0 Å². The number of aliphatic imine (C=N–C) groups is 1. The SMILES string of the molecule is NC(=O)c1ccc(CN=C(N)NCC2CCC2)o1. The van der Waals surface area contributed by atoms with E-state index in [0.717, 1.165) is 12.5 Å². The molecule has 1 aromatic rings. The second-order valence-electron chi connectivity index (χ2n) is 4.51. The molecule has 1 saturated carbocycles. The summed E-state index contributed by atoms with van der Waals surface area (Å²) in [6, 6.07) is 3.20. The molecule has 1 aromatic heterocycles. The van der Waals surface area contributed by atoms with Crippen LogP contribution in [0.3, 0.4) is 0 Å². The maximum Gasteiger partial charge on any atom is 0.284 e. The van der Waals surface area contributed by atoms with Gasteiger partial charge in [-0.3, -0.25) is 4.79 Å². The lowest BCUT2D eigenvalue weighted by Gasteiger charge is -2.25. The highest BCUT2D eigenvalue weighted by Crippen LogP contribution is 2.24. The minimum atomic E-state index is -0.582. The van der Waals surface area contributed by atoms with Crippen LogP contribution in [0.4, 0.5) is 0 Å². The lowest BCUT2D eigenvalue weighted by Crippen LogP contribution is -2.37. The van der Waals surface area contributed by atoms with E-state index >= 15 is 0 Å². The lowest BCUT2D eigenvalue weighted by molar-refractivity contribution is 0.0972. The Morgan fingerprint density at radius 3 is 2.78 bits per heavy atom. The van der Waals surface area contributed by atoms with Crippen LogP contribution in [-0.4, -0.2) is 18.4 Å². The second kappa shape index (κ2) is 5.57. The van der Waals surface area contributed by atoms with E-state index in [1.165, 1.54) is 25.3 Å². The Morgan fingerprint density at radius 2 is 2.22 bits per heavy atom. The first-order valence-electron chi connectivity index (χ1n) is 6.07. The Labute approximate surface area is 105 Å². The summed E-state index contributed by atoms with van der Waals surface area (Å²) in [7, 11) is 0. The summed E-state index contributed by atoms with van der Waals surface area (Å²) in [5.74, 6) is 1.25. The van der Waals surface area contributed by atoms with Crippen molar-refractivity contribution in [3.05, 3.63) is 23.7 Å². The summed E-state index contributed by atoms with van der Waals surface area (Å²) in [6.45, 7) is 1.18. The number of nitrogens with two attached hydrogens (primary N) is 2. The molecule has 18 heavy (non-hydrogen) atoms. The second-order valence-corrected chi connectivity index (χ2v) is 4.51. The van der Waals surface area contributed by atoms with Gasteiger partial charge in [0.1, 0.15) is 12.3 Å². The molecular weight excluding hydrogens is 232 g/mol. The van der Waals surface area contributed by atoms with E-state index in [9.17, 15) is 4.79 Å². The van der Waals surface area contributed by atoms with Gasteiger partial charge in [0, 0.05) is 6.54 Å². The largest absolute Gasteiger partial charge is 0.454 e. The minimum absolute atomic E-state index is 0.140. The number of hydrogen-bond acceptors (Lipinski definition) is 3. The van der Waals surface area contributed by atoms with Crippen molar-refractivity contribution in [2.45, 2.75) is 25.8 Å². The number of carbonyl (C=O) groups excluding carboxylic acids is 1. The van der Waals surface area contributed by atoms with E-state index in [1.54, 1.807) is 6.07 Å². The van der Waals surface area contributed by atoms with E-state index in [0.29, 0.717) is 18.3 Å². The van der Waals surface area contributed by atoms with Gasteiger partial charge in [-0.2, -0.15) is 0 Å². The third-order valence-electron chi connectivity index (χ3n) is 3.11. The molecule has 5 N–H and O–H groups in total. The molecule has 1 heterocycles. The maximum absolute atomic E-state index is 10.8. The average molecular weight is 250 g/mol. The predicted molar refractivity (Wildman–Crippen MR) is 67.9 cm³/mol. The molecule has 6 nitrogen and oxygen atoms in total. The fraction of sp³-hybridized carbons (Fsp3) is 0.500. The van der Waals surface area contributed by atoms with Gasteiger partial charge >= 0.3 is 0 Å². The van der Waals surface area contributed by atoms with Crippen LogP contribution < -0.4 is 16.8 Å².